The molecular formula is C9H11O2P. The maximum atomic E-state index is 4.54. The summed E-state index contributed by atoms with van der Waals surface area (Å²) in [5, 5.41) is 1.24. The highest BCUT2D eigenvalue weighted by Gasteiger charge is 1.82. The lowest BCUT2D eigenvalue weighted by Crippen LogP contribution is -1.82. The zero-order valence-electron chi connectivity index (χ0n) is 6.64. The topological polar surface area (TPSA) is 18.5 Å². The summed E-state index contributed by atoms with van der Waals surface area (Å²) in [6.07, 6.45) is 3.03. The number of hydrogen-bond donors (Lipinski definition) is 0. The fourth-order valence-corrected chi connectivity index (χ4v) is 0.872. The van der Waals surface area contributed by atoms with Gasteiger partial charge in [0.05, 0.1) is 0 Å². The summed E-state index contributed by atoms with van der Waals surface area (Å²) in [6.45, 7) is 0.389. The molecule has 0 bridgehead atoms. The molecule has 0 amide bonds. The summed E-state index contributed by atoms with van der Waals surface area (Å²) < 4.78 is 9.08. The second-order valence-electron chi connectivity index (χ2n) is 2.13. The van der Waals surface area contributed by atoms with Crippen molar-refractivity contribution in [2.24, 2.45) is 0 Å². The average Bonchev–Trinajstić information content (AvgIpc) is 2.62. The molecule has 0 radical (unpaired) electrons. The summed E-state index contributed by atoms with van der Waals surface area (Å²) in [7, 11) is 2.63. The van der Waals surface area contributed by atoms with Gasteiger partial charge in [-0.05, 0) is 5.30 Å². The van der Waals surface area contributed by atoms with Crippen LogP contribution >= 0.6 is 9.24 Å². The third kappa shape index (κ3) is 3.99. The summed E-state index contributed by atoms with van der Waals surface area (Å²) in [6, 6.07) is 10.1. The Bertz CT molecular complexity index is 228. The molecule has 0 aliphatic carbocycles. The number of hydrogen-bond acceptors (Lipinski definition) is 2. The van der Waals surface area contributed by atoms with E-state index in [0.29, 0.717) is 6.79 Å². The van der Waals surface area contributed by atoms with E-state index in [0.717, 1.165) is 0 Å². The van der Waals surface area contributed by atoms with Gasteiger partial charge in [0, 0.05) is 0 Å². The van der Waals surface area contributed by atoms with Gasteiger partial charge >= 0.3 is 0 Å². The van der Waals surface area contributed by atoms with E-state index in [1.807, 2.05) is 30.3 Å². The van der Waals surface area contributed by atoms with Crippen molar-refractivity contribution >= 4 is 14.5 Å². The van der Waals surface area contributed by atoms with Crippen molar-refractivity contribution in [1.29, 1.82) is 0 Å². The monoisotopic (exact) mass is 182 g/mol. The third-order valence-electron chi connectivity index (χ3n) is 1.18. The molecule has 1 aliphatic rings. The third-order valence-corrected chi connectivity index (χ3v) is 1.57. The molecule has 0 saturated carbocycles. The van der Waals surface area contributed by atoms with E-state index in [-0.39, 0.29) is 0 Å². The molecule has 1 aromatic carbocycles. The van der Waals surface area contributed by atoms with E-state index < -0.39 is 0 Å². The van der Waals surface area contributed by atoms with Gasteiger partial charge in [-0.15, -0.1) is 9.24 Å². The van der Waals surface area contributed by atoms with Crippen LogP contribution in [0, 0.1) is 0 Å². The lowest BCUT2D eigenvalue weighted by atomic mass is 10.4. The minimum absolute atomic E-state index is 0.389. The fourth-order valence-electron chi connectivity index (χ4n) is 0.649. The first kappa shape index (κ1) is 9.08. The van der Waals surface area contributed by atoms with Crippen LogP contribution in [0.3, 0.4) is 0 Å². The Kier molecular flexibility index (Phi) is 4.25. The minimum atomic E-state index is 0.389. The van der Waals surface area contributed by atoms with Gasteiger partial charge in [0.15, 0.2) is 0 Å². The summed E-state index contributed by atoms with van der Waals surface area (Å²) >= 11 is 0. The molecule has 1 aromatic rings. The molecule has 0 fully saturated rings. The van der Waals surface area contributed by atoms with Crippen LogP contribution in [-0.4, -0.2) is 6.79 Å². The van der Waals surface area contributed by atoms with Gasteiger partial charge in [-0.25, -0.2) is 0 Å². The van der Waals surface area contributed by atoms with Crippen molar-refractivity contribution < 1.29 is 9.47 Å². The first-order chi connectivity index (χ1) is 5.89. The lowest BCUT2D eigenvalue weighted by Gasteiger charge is -1.82. The highest BCUT2D eigenvalue weighted by Crippen LogP contribution is 1.88. The van der Waals surface area contributed by atoms with Crippen LogP contribution in [0.4, 0.5) is 0 Å². The molecule has 1 atom stereocenters. The first-order valence-corrected chi connectivity index (χ1v) is 4.16. The highest BCUT2D eigenvalue weighted by atomic mass is 31.0. The molecule has 0 aromatic heterocycles. The Morgan fingerprint density at radius 1 is 1.00 bits per heavy atom. The number of benzene rings is 1. The second kappa shape index (κ2) is 5.62. The first-order valence-electron chi connectivity index (χ1n) is 3.58. The quantitative estimate of drug-likeness (QED) is 0.568. The Morgan fingerprint density at radius 2 is 1.58 bits per heavy atom. The van der Waals surface area contributed by atoms with Gasteiger partial charge in [0.25, 0.3) is 0 Å². The van der Waals surface area contributed by atoms with Crippen LogP contribution in [0.5, 0.6) is 0 Å². The summed E-state index contributed by atoms with van der Waals surface area (Å²) in [5.41, 5.74) is 0. The Hall–Kier alpha value is -1.01. The van der Waals surface area contributed by atoms with Crippen molar-refractivity contribution in [1.82, 2.24) is 0 Å². The predicted octanol–water partition coefficient (Wildman–Crippen LogP) is 1.65. The fraction of sp³-hybridized carbons (Fsp3) is 0.111. The summed E-state index contributed by atoms with van der Waals surface area (Å²) in [5.74, 6) is 0. The van der Waals surface area contributed by atoms with Crippen molar-refractivity contribution in [2.75, 3.05) is 6.79 Å². The molecule has 2 nitrogen and oxygen atoms in total. The molecule has 0 saturated heterocycles. The van der Waals surface area contributed by atoms with Crippen LogP contribution in [0.25, 0.3) is 0 Å². The molecule has 0 N–H and O–H groups in total. The lowest BCUT2D eigenvalue weighted by molar-refractivity contribution is 0.0920. The van der Waals surface area contributed by atoms with Crippen molar-refractivity contribution in [2.45, 2.75) is 0 Å². The molecule has 3 heteroatoms. The van der Waals surface area contributed by atoms with E-state index in [9.17, 15) is 0 Å². The van der Waals surface area contributed by atoms with E-state index in [4.69, 9.17) is 0 Å². The van der Waals surface area contributed by atoms with Gasteiger partial charge < -0.3 is 9.47 Å². The predicted molar refractivity (Wildman–Crippen MR) is 52.0 cm³/mol. The zero-order valence-corrected chi connectivity index (χ0v) is 7.80. The van der Waals surface area contributed by atoms with Crippen LogP contribution in [0.1, 0.15) is 0 Å². The average molecular weight is 182 g/mol. The van der Waals surface area contributed by atoms with E-state index in [2.05, 4.69) is 18.7 Å². The van der Waals surface area contributed by atoms with E-state index in [1.54, 1.807) is 0 Å². The molecule has 12 heavy (non-hydrogen) atoms. The van der Waals surface area contributed by atoms with E-state index in [1.165, 1.54) is 17.8 Å². The molecular weight excluding hydrogens is 171 g/mol. The molecule has 1 aliphatic heterocycles. The Morgan fingerprint density at radius 3 is 1.83 bits per heavy atom. The second-order valence-corrected chi connectivity index (χ2v) is 2.80. The number of ether oxygens (including phenoxy) is 2. The minimum Gasteiger partial charge on any atom is -0.462 e. The largest absolute Gasteiger partial charge is 0.462 e. The van der Waals surface area contributed by atoms with Crippen LogP contribution in [-0.2, 0) is 9.47 Å². The van der Waals surface area contributed by atoms with Crippen LogP contribution in [0.15, 0.2) is 42.9 Å². The molecule has 64 valence electrons. The zero-order chi connectivity index (χ0) is 8.65. The summed E-state index contributed by atoms with van der Waals surface area (Å²) in [4.78, 5) is 0. The SMILES string of the molecule is C1=COCO1.Pc1ccccc1. The Labute approximate surface area is 74.4 Å². The Balaban J connectivity index is 0.000000127. The highest BCUT2D eigenvalue weighted by molar-refractivity contribution is 7.27. The molecule has 1 unspecified atom stereocenters. The standard InChI is InChI=1S/C6H7P.C3H4O2/c7-6-4-2-1-3-5-6;1-2-5-3-4-1/h1-5H,7H2;1-2H,3H2. The van der Waals surface area contributed by atoms with E-state index >= 15 is 0 Å². The van der Waals surface area contributed by atoms with Crippen molar-refractivity contribution in [3.8, 4) is 0 Å². The van der Waals surface area contributed by atoms with Crippen LogP contribution in [0.2, 0.25) is 0 Å². The van der Waals surface area contributed by atoms with Crippen molar-refractivity contribution in [3.63, 3.8) is 0 Å². The maximum absolute atomic E-state index is 4.54. The smallest absolute Gasteiger partial charge is 0.229 e. The number of rotatable bonds is 0. The maximum Gasteiger partial charge on any atom is 0.229 e. The van der Waals surface area contributed by atoms with Crippen molar-refractivity contribution in [3.05, 3.63) is 42.9 Å². The van der Waals surface area contributed by atoms with Crippen LogP contribution < -0.4 is 5.30 Å². The van der Waals surface area contributed by atoms with Gasteiger partial charge in [-0.2, -0.15) is 0 Å². The molecule has 2 rings (SSSR count). The van der Waals surface area contributed by atoms with Gasteiger partial charge in [0.1, 0.15) is 12.5 Å². The van der Waals surface area contributed by atoms with Gasteiger partial charge in [-0.3, -0.25) is 0 Å². The van der Waals surface area contributed by atoms with Gasteiger partial charge in [-0.1, -0.05) is 30.3 Å². The molecule has 1 heterocycles. The normalized spacial score (nSPS) is 12.4. The molecule has 0 spiro atoms. The van der Waals surface area contributed by atoms with Gasteiger partial charge in [0.2, 0.25) is 6.79 Å².